The summed E-state index contributed by atoms with van der Waals surface area (Å²) in [6, 6.07) is 3.23. The number of likely N-dealkylation sites (tertiary alicyclic amines) is 2. The third-order valence-corrected chi connectivity index (χ3v) is 12.8. The molecule has 0 unspecified atom stereocenters. The molecule has 2 saturated heterocycles. The molecule has 1 saturated carbocycles. The van der Waals surface area contributed by atoms with Crippen LogP contribution in [0.4, 0.5) is 4.79 Å². The van der Waals surface area contributed by atoms with Crippen molar-refractivity contribution in [2.75, 3.05) is 27.3 Å². The van der Waals surface area contributed by atoms with Gasteiger partial charge in [-0.05, 0) is 104 Å². The van der Waals surface area contributed by atoms with E-state index in [1.165, 1.54) is 25.3 Å². The van der Waals surface area contributed by atoms with Crippen molar-refractivity contribution in [3.63, 3.8) is 0 Å². The molecule has 1 aromatic carbocycles. The van der Waals surface area contributed by atoms with Gasteiger partial charge in [0, 0.05) is 48.1 Å². The van der Waals surface area contributed by atoms with Crippen molar-refractivity contribution in [1.29, 1.82) is 0 Å². The number of H-pyrrole nitrogens is 1. The van der Waals surface area contributed by atoms with Gasteiger partial charge in [-0.1, -0.05) is 45.5 Å². The Bertz CT molecular complexity index is 2120. The fourth-order valence-corrected chi connectivity index (χ4v) is 9.64. The quantitative estimate of drug-likeness (QED) is 0.218. The van der Waals surface area contributed by atoms with Gasteiger partial charge in [-0.2, -0.15) is 0 Å². The predicted octanol–water partition coefficient (Wildman–Crippen LogP) is 6.51. The second-order valence-electron chi connectivity index (χ2n) is 17.0. The Morgan fingerprint density at radius 2 is 1.43 bits per heavy atom. The number of aromatic amines is 1. The first kappa shape index (κ1) is 40.8. The molecule has 12 nitrogen and oxygen atoms in total. The lowest BCUT2D eigenvalue weighted by Crippen LogP contribution is -2.51. The summed E-state index contributed by atoms with van der Waals surface area (Å²) in [5, 5.41) is 2.70. The summed E-state index contributed by atoms with van der Waals surface area (Å²) in [6.45, 7) is 9.02. The normalized spacial score (nSPS) is 23.0. The molecule has 12 heteroatoms. The zero-order valence-electron chi connectivity index (χ0n) is 34.7. The van der Waals surface area contributed by atoms with Gasteiger partial charge in [-0.15, -0.1) is 0 Å². The molecule has 4 atom stereocenters. The van der Waals surface area contributed by atoms with E-state index in [-0.39, 0.29) is 48.1 Å². The number of carbonyl (C=O) groups excluding carboxylic acids is 4. The first-order valence-corrected chi connectivity index (χ1v) is 21.0. The van der Waals surface area contributed by atoms with Gasteiger partial charge in [0.05, 0.1) is 44.8 Å². The van der Waals surface area contributed by atoms with Crippen molar-refractivity contribution < 1.29 is 28.7 Å². The minimum absolute atomic E-state index is 0.00144. The highest BCUT2D eigenvalue weighted by atomic mass is 16.5. The minimum Gasteiger partial charge on any atom is -0.469 e. The lowest BCUT2D eigenvalue weighted by molar-refractivity contribution is -0.148. The third kappa shape index (κ3) is 8.43. The summed E-state index contributed by atoms with van der Waals surface area (Å²) in [6.07, 6.45) is 11.7. The number of imidazole rings is 1. The number of methoxy groups -OCH3 is 2. The number of alkyl carbamates (subject to hydrolysis) is 1. The van der Waals surface area contributed by atoms with Crippen LogP contribution in [-0.4, -0.2) is 88.7 Å². The van der Waals surface area contributed by atoms with Gasteiger partial charge in [0.2, 0.25) is 11.8 Å². The number of aromatic nitrogens is 2. The van der Waals surface area contributed by atoms with Gasteiger partial charge in [-0.3, -0.25) is 19.4 Å². The molecule has 0 radical (unpaired) electrons. The number of hydrogen-bond acceptors (Lipinski definition) is 8. The number of amides is 3. The van der Waals surface area contributed by atoms with Crippen molar-refractivity contribution >= 4 is 29.6 Å². The zero-order valence-corrected chi connectivity index (χ0v) is 34.7. The number of esters is 1. The van der Waals surface area contributed by atoms with Gasteiger partial charge in [0.25, 0.3) is 0 Å². The summed E-state index contributed by atoms with van der Waals surface area (Å²) < 4.78 is 9.67. The minimum atomic E-state index is -0.693. The van der Waals surface area contributed by atoms with Crippen LogP contribution in [0.5, 0.6) is 0 Å². The Kier molecular flexibility index (Phi) is 12.4. The van der Waals surface area contributed by atoms with E-state index in [0.29, 0.717) is 42.9 Å². The Morgan fingerprint density at radius 1 is 0.810 bits per heavy atom. The topological polar surface area (TPSA) is 146 Å². The molecule has 2 aromatic rings. The highest BCUT2D eigenvalue weighted by molar-refractivity contribution is 5.98. The molecule has 3 aliphatic heterocycles. The number of aliphatic imine (C=N–C) groups is 1. The average molecular weight is 789 g/mol. The SMILES string of the molecule is COC(=O)C[C@H](C(=O)N1CCC[C@H]1C1=NC=C(C#Cc2ccc(C#Cc3cnc([C@H]4CCCN4C(=O)[C@@H](NC(=O)OC)C(C)C)[nH]3)c3c2C2CCC3CC2)C1)C(C)C. The van der Waals surface area contributed by atoms with E-state index >= 15 is 0 Å². The lowest BCUT2D eigenvalue weighted by Gasteiger charge is -2.39. The van der Waals surface area contributed by atoms with Gasteiger partial charge in [0.15, 0.2) is 0 Å². The van der Waals surface area contributed by atoms with Crippen LogP contribution in [0.15, 0.2) is 35.1 Å². The fourth-order valence-electron chi connectivity index (χ4n) is 9.64. The van der Waals surface area contributed by atoms with E-state index in [0.717, 1.165) is 73.8 Å². The fraction of sp³-hybridized carbons (Fsp3) is 0.565. The van der Waals surface area contributed by atoms with Crippen molar-refractivity contribution in [1.82, 2.24) is 25.1 Å². The molecule has 2 bridgehead atoms. The molecule has 0 spiro atoms. The predicted molar refractivity (Wildman–Crippen MR) is 220 cm³/mol. The smallest absolute Gasteiger partial charge is 0.407 e. The van der Waals surface area contributed by atoms with Crippen molar-refractivity contribution in [2.24, 2.45) is 22.7 Å². The molecule has 3 fully saturated rings. The molecule has 8 rings (SSSR count). The van der Waals surface area contributed by atoms with Crippen molar-refractivity contribution in [3.8, 4) is 23.7 Å². The van der Waals surface area contributed by atoms with Gasteiger partial charge in [0.1, 0.15) is 17.6 Å². The summed E-state index contributed by atoms with van der Waals surface area (Å²) in [5.74, 6) is 14.4. The number of ether oxygens (including phenoxy) is 2. The number of hydrogen-bond donors (Lipinski definition) is 2. The molecule has 58 heavy (non-hydrogen) atoms. The van der Waals surface area contributed by atoms with Crippen LogP contribution >= 0.6 is 0 Å². The second kappa shape index (κ2) is 17.6. The van der Waals surface area contributed by atoms with Gasteiger partial charge < -0.3 is 29.6 Å². The Balaban J connectivity index is 1.06. The van der Waals surface area contributed by atoms with E-state index in [4.69, 9.17) is 14.5 Å². The van der Waals surface area contributed by atoms with Crippen molar-refractivity contribution in [2.45, 2.75) is 122 Å². The van der Waals surface area contributed by atoms with Gasteiger partial charge >= 0.3 is 12.1 Å². The largest absolute Gasteiger partial charge is 0.469 e. The standard InChI is InChI=1S/C46H56N6O6/c1-27(2)35(24-39(53)57-5)44(54)51-21-7-9-37(51)36-23-29(25-47-36)11-12-30-13-18-33(41-32-16-14-31(15-17-32)40(30)41)19-20-34-26-48-43(49-34)38-10-8-22-52(38)45(55)42(28(3)4)50-46(56)58-6/h13,18,25-28,31-32,35,37-38,42H,7-10,14-17,21-24H2,1-6H3,(H,48,49)(H,50,56)/t31?,32?,35-,37-,38+,42-/m0/s1. The number of fused-ring (bicyclic) bond motifs is 2. The van der Waals surface area contributed by atoms with E-state index in [2.05, 4.69) is 51.1 Å². The number of nitrogens with one attached hydrogen (secondary N) is 2. The maximum absolute atomic E-state index is 13.7. The summed E-state index contributed by atoms with van der Waals surface area (Å²) in [7, 11) is 2.66. The van der Waals surface area contributed by atoms with Crippen LogP contribution in [0.25, 0.3) is 0 Å². The molecule has 1 aromatic heterocycles. The van der Waals surface area contributed by atoms with E-state index < -0.39 is 18.1 Å². The summed E-state index contributed by atoms with van der Waals surface area (Å²) in [5.41, 5.74) is 7.35. The summed E-state index contributed by atoms with van der Waals surface area (Å²) >= 11 is 0. The molecular weight excluding hydrogens is 733 g/mol. The molecule has 306 valence electrons. The van der Waals surface area contributed by atoms with E-state index in [1.54, 1.807) is 11.1 Å². The molecule has 3 amide bonds. The lowest BCUT2D eigenvalue weighted by atomic mass is 9.64. The molecule has 3 aliphatic carbocycles. The van der Waals surface area contributed by atoms with Crippen LogP contribution in [-0.2, 0) is 23.9 Å². The first-order valence-electron chi connectivity index (χ1n) is 21.0. The molecule has 4 heterocycles. The maximum atomic E-state index is 13.7. The Hall–Kier alpha value is -5.36. The number of carbonyl (C=O) groups is 4. The monoisotopic (exact) mass is 788 g/mol. The molecule has 6 aliphatic rings. The number of allylic oxidation sites excluding steroid dienone is 1. The maximum Gasteiger partial charge on any atom is 0.407 e. The van der Waals surface area contributed by atoms with Crippen LogP contribution in [0.2, 0.25) is 0 Å². The number of rotatable bonds is 9. The molecule has 2 N–H and O–H groups in total. The van der Waals surface area contributed by atoms with Crippen LogP contribution in [0.1, 0.15) is 144 Å². The van der Waals surface area contributed by atoms with E-state index in [1.807, 2.05) is 38.8 Å². The van der Waals surface area contributed by atoms with Gasteiger partial charge in [-0.25, -0.2) is 9.78 Å². The number of nitrogens with zero attached hydrogens (tertiary/aromatic N) is 4. The highest BCUT2D eigenvalue weighted by Crippen LogP contribution is 2.51. The van der Waals surface area contributed by atoms with E-state index in [9.17, 15) is 19.2 Å². The van der Waals surface area contributed by atoms with Crippen LogP contribution in [0, 0.1) is 41.4 Å². The van der Waals surface area contributed by atoms with Crippen molar-refractivity contribution in [3.05, 3.63) is 63.9 Å². The third-order valence-electron chi connectivity index (χ3n) is 12.8. The molecular formula is C46H56N6O6. The average Bonchev–Trinajstić information content (AvgIpc) is 4.07. The Morgan fingerprint density at radius 3 is 2.03 bits per heavy atom. The summed E-state index contributed by atoms with van der Waals surface area (Å²) in [4.78, 5) is 68.0. The highest BCUT2D eigenvalue weighted by Gasteiger charge is 2.40. The van der Waals surface area contributed by atoms with Crippen LogP contribution in [0.3, 0.4) is 0 Å². The first-order chi connectivity index (χ1) is 28.0. The number of benzene rings is 1. The Labute approximate surface area is 342 Å². The zero-order chi connectivity index (χ0) is 41.1. The van der Waals surface area contributed by atoms with Crippen LogP contribution < -0.4 is 5.32 Å². The second-order valence-corrected chi connectivity index (χ2v) is 17.0.